The predicted octanol–water partition coefficient (Wildman–Crippen LogP) is 1.25. The maximum absolute atomic E-state index is 12.1. The number of nitrogens with zero attached hydrogens (tertiary/aromatic N) is 2. The molecule has 1 aromatic carbocycles. The van der Waals surface area contributed by atoms with Crippen LogP contribution in [0.5, 0.6) is 0 Å². The highest BCUT2D eigenvalue weighted by atomic mass is 16.2. The van der Waals surface area contributed by atoms with Crippen molar-refractivity contribution in [1.29, 1.82) is 0 Å². The van der Waals surface area contributed by atoms with Gasteiger partial charge >= 0.3 is 0 Å². The maximum Gasteiger partial charge on any atom is 0.239 e. The molecular formula is C15H23N3O. The molecule has 0 aromatic heterocycles. The van der Waals surface area contributed by atoms with Gasteiger partial charge in [-0.3, -0.25) is 4.79 Å². The SMILES string of the molecule is CNC(C)C(=O)N1CCN(c2ccccc2C)CC1. The molecule has 1 saturated heterocycles. The van der Waals surface area contributed by atoms with Gasteiger partial charge in [-0.15, -0.1) is 0 Å². The first kappa shape index (κ1) is 13.9. The molecule has 1 N–H and O–H groups in total. The van der Waals surface area contributed by atoms with Crippen LogP contribution >= 0.6 is 0 Å². The Hall–Kier alpha value is -1.55. The molecule has 0 spiro atoms. The van der Waals surface area contributed by atoms with E-state index in [2.05, 4.69) is 41.4 Å². The molecule has 4 heteroatoms. The third-order valence-corrected chi connectivity index (χ3v) is 3.85. The molecule has 2 rings (SSSR count). The van der Waals surface area contributed by atoms with Crippen LogP contribution in [0.4, 0.5) is 5.69 Å². The lowest BCUT2D eigenvalue weighted by atomic mass is 10.1. The van der Waals surface area contributed by atoms with Crippen molar-refractivity contribution < 1.29 is 4.79 Å². The molecule has 1 aliphatic rings. The Morgan fingerprint density at radius 1 is 1.21 bits per heavy atom. The van der Waals surface area contributed by atoms with Crippen LogP contribution in [0.15, 0.2) is 24.3 Å². The quantitative estimate of drug-likeness (QED) is 0.889. The highest BCUT2D eigenvalue weighted by Crippen LogP contribution is 2.20. The number of nitrogens with one attached hydrogen (secondary N) is 1. The van der Waals surface area contributed by atoms with Crippen molar-refractivity contribution in [3.05, 3.63) is 29.8 Å². The van der Waals surface area contributed by atoms with Crippen molar-refractivity contribution in [2.45, 2.75) is 19.9 Å². The summed E-state index contributed by atoms with van der Waals surface area (Å²) in [6, 6.07) is 8.33. The van der Waals surface area contributed by atoms with Crippen molar-refractivity contribution in [3.63, 3.8) is 0 Å². The van der Waals surface area contributed by atoms with Gasteiger partial charge in [0, 0.05) is 31.9 Å². The first-order valence-corrected chi connectivity index (χ1v) is 6.90. The lowest BCUT2D eigenvalue weighted by Crippen LogP contribution is -2.53. The third kappa shape index (κ3) is 3.07. The zero-order chi connectivity index (χ0) is 13.8. The molecule has 4 nitrogen and oxygen atoms in total. The molecule has 1 fully saturated rings. The largest absolute Gasteiger partial charge is 0.368 e. The van der Waals surface area contributed by atoms with E-state index < -0.39 is 0 Å². The zero-order valence-electron chi connectivity index (χ0n) is 12.0. The number of carbonyl (C=O) groups is 1. The van der Waals surface area contributed by atoms with E-state index in [1.54, 1.807) is 0 Å². The van der Waals surface area contributed by atoms with Gasteiger partial charge in [-0.1, -0.05) is 18.2 Å². The molecule has 104 valence electrons. The second-order valence-corrected chi connectivity index (χ2v) is 5.11. The lowest BCUT2D eigenvalue weighted by molar-refractivity contribution is -0.133. The number of rotatable bonds is 3. The van der Waals surface area contributed by atoms with Crippen LogP contribution in [0.2, 0.25) is 0 Å². The predicted molar refractivity (Wildman–Crippen MR) is 78.5 cm³/mol. The summed E-state index contributed by atoms with van der Waals surface area (Å²) in [5, 5.41) is 3.01. The summed E-state index contributed by atoms with van der Waals surface area (Å²) in [5.74, 6) is 0.201. The molecule has 1 unspecified atom stereocenters. The van der Waals surface area contributed by atoms with E-state index in [9.17, 15) is 4.79 Å². The average Bonchev–Trinajstić information content (AvgIpc) is 2.46. The number of anilines is 1. The normalized spacial score (nSPS) is 17.4. The minimum absolute atomic E-state index is 0.0926. The van der Waals surface area contributed by atoms with Crippen molar-refractivity contribution in [2.75, 3.05) is 38.1 Å². The Labute approximate surface area is 115 Å². The molecule has 0 saturated carbocycles. The van der Waals surface area contributed by atoms with Gasteiger partial charge in [0.2, 0.25) is 5.91 Å². The fourth-order valence-electron chi connectivity index (χ4n) is 2.48. The number of likely N-dealkylation sites (N-methyl/N-ethyl adjacent to an activating group) is 1. The van der Waals surface area contributed by atoms with Crippen molar-refractivity contribution in [2.24, 2.45) is 0 Å². The van der Waals surface area contributed by atoms with Crippen molar-refractivity contribution in [1.82, 2.24) is 10.2 Å². The van der Waals surface area contributed by atoms with E-state index in [1.807, 2.05) is 18.9 Å². The summed E-state index contributed by atoms with van der Waals surface area (Å²) in [6.45, 7) is 7.48. The van der Waals surface area contributed by atoms with Crippen LogP contribution in [0.1, 0.15) is 12.5 Å². The first-order chi connectivity index (χ1) is 9.13. The Kier molecular flexibility index (Phi) is 4.43. The fraction of sp³-hybridized carbons (Fsp3) is 0.533. The Morgan fingerprint density at radius 2 is 1.84 bits per heavy atom. The summed E-state index contributed by atoms with van der Waals surface area (Å²) in [6.07, 6.45) is 0. The zero-order valence-corrected chi connectivity index (χ0v) is 12.0. The fourth-order valence-corrected chi connectivity index (χ4v) is 2.48. The molecule has 1 aliphatic heterocycles. The Balaban J connectivity index is 1.96. The third-order valence-electron chi connectivity index (χ3n) is 3.85. The number of hydrogen-bond acceptors (Lipinski definition) is 3. The van der Waals surface area contributed by atoms with Crippen LogP contribution in [-0.4, -0.2) is 50.1 Å². The molecule has 0 bridgehead atoms. The van der Waals surface area contributed by atoms with E-state index in [0.29, 0.717) is 0 Å². The molecule has 1 aromatic rings. The number of hydrogen-bond donors (Lipinski definition) is 1. The van der Waals surface area contributed by atoms with Gasteiger partial charge in [0.1, 0.15) is 0 Å². The minimum Gasteiger partial charge on any atom is -0.368 e. The maximum atomic E-state index is 12.1. The summed E-state index contributed by atoms with van der Waals surface area (Å²) in [7, 11) is 1.83. The number of carbonyl (C=O) groups excluding carboxylic acids is 1. The number of para-hydroxylation sites is 1. The monoisotopic (exact) mass is 261 g/mol. The van der Waals surface area contributed by atoms with Gasteiger partial charge in [-0.25, -0.2) is 0 Å². The van der Waals surface area contributed by atoms with Crippen molar-refractivity contribution in [3.8, 4) is 0 Å². The smallest absolute Gasteiger partial charge is 0.239 e. The summed E-state index contributed by atoms with van der Waals surface area (Å²) < 4.78 is 0. The van der Waals surface area contributed by atoms with Gasteiger partial charge in [0.05, 0.1) is 6.04 Å². The van der Waals surface area contributed by atoms with E-state index in [0.717, 1.165) is 26.2 Å². The van der Waals surface area contributed by atoms with E-state index in [-0.39, 0.29) is 11.9 Å². The van der Waals surface area contributed by atoms with Crippen LogP contribution in [0.25, 0.3) is 0 Å². The Morgan fingerprint density at radius 3 is 2.42 bits per heavy atom. The number of aryl methyl sites for hydroxylation is 1. The molecule has 19 heavy (non-hydrogen) atoms. The molecule has 0 radical (unpaired) electrons. The molecule has 1 atom stereocenters. The van der Waals surface area contributed by atoms with Gasteiger partial charge < -0.3 is 15.1 Å². The first-order valence-electron chi connectivity index (χ1n) is 6.90. The van der Waals surface area contributed by atoms with Crippen LogP contribution < -0.4 is 10.2 Å². The van der Waals surface area contributed by atoms with Gasteiger partial charge in [-0.2, -0.15) is 0 Å². The summed E-state index contributed by atoms with van der Waals surface area (Å²) >= 11 is 0. The van der Waals surface area contributed by atoms with Crippen LogP contribution in [0, 0.1) is 6.92 Å². The van der Waals surface area contributed by atoms with Gasteiger partial charge in [0.25, 0.3) is 0 Å². The average molecular weight is 261 g/mol. The standard InChI is InChI=1S/C15H23N3O/c1-12-6-4-5-7-14(12)17-8-10-18(11-9-17)15(19)13(2)16-3/h4-7,13,16H,8-11H2,1-3H3. The second kappa shape index (κ2) is 6.06. The van der Waals surface area contributed by atoms with E-state index in [4.69, 9.17) is 0 Å². The number of piperazine rings is 1. The van der Waals surface area contributed by atoms with Crippen molar-refractivity contribution >= 4 is 11.6 Å². The molecular weight excluding hydrogens is 238 g/mol. The van der Waals surface area contributed by atoms with Crippen LogP contribution in [0.3, 0.4) is 0 Å². The van der Waals surface area contributed by atoms with Crippen LogP contribution in [-0.2, 0) is 4.79 Å². The summed E-state index contributed by atoms with van der Waals surface area (Å²) in [5.41, 5.74) is 2.59. The molecule has 0 aliphatic carbocycles. The van der Waals surface area contributed by atoms with Gasteiger partial charge in [0.15, 0.2) is 0 Å². The topological polar surface area (TPSA) is 35.6 Å². The molecule has 1 amide bonds. The highest BCUT2D eigenvalue weighted by molar-refractivity contribution is 5.81. The molecule has 1 heterocycles. The minimum atomic E-state index is -0.0926. The second-order valence-electron chi connectivity index (χ2n) is 5.11. The highest BCUT2D eigenvalue weighted by Gasteiger charge is 2.24. The summed E-state index contributed by atoms with van der Waals surface area (Å²) in [4.78, 5) is 16.4. The number of amides is 1. The van der Waals surface area contributed by atoms with E-state index in [1.165, 1.54) is 11.3 Å². The van der Waals surface area contributed by atoms with E-state index >= 15 is 0 Å². The number of benzene rings is 1. The van der Waals surface area contributed by atoms with Gasteiger partial charge in [-0.05, 0) is 32.5 Å². The lowest BCUT2D eigenvalue weighted by Gasteiger charge is -2.37. The Bertz CT molecular complexity index is 439.